The van der Waals surface area contributed by atoms with E-state index in [4.69, 9.17) is 17.3 Å². The molecule has 4 N–H and O–H groups in total. The molecular formula is C19H24ClN5O2S2. The van der Waals surface area contributed by atoms with E-state index in [0.29, 0.717) is 27.3 Å². The molecule has 1 aliphatic rings. The van der Waals surface area contributed by atoms with Crippen molar-refractivity contribution < 1.29 is 9.59 Å². The molecule has 0 atom stereocenters. The maximum atomic E-state index is 12.2. The minimum Gasteiger partial charge on any atom is -0.365 e. The third kappa shape index (κ3) is 6.33. The van der Waals surface area contributed by atoms with Gasteiger partial charge in [-0.2, -0.15) is 4.37 Å². The van der Waals surface area contributed by atoms with Gasteiger partial charge >= 0.3 is 6.03 Å². The zero-order valence-corrected chi connectivity index (χ0v) is 18.3. The number of nitrogens with two attached hydrogens (primary N) is 1. The van der Waals surface area contributed by atoms with Crippen LogP contribution in [0.3, 0.4) is 0 Å². The summed E-state index contributed by atoms with van der Waals surface area (Å²) >= 11 is 8.59. The molecule has 0 unspecified atom stereocenters. The Bertz CT molecular complexity index is 855. The summed E-state index contributed by atoms with van der Waals surface area (Å²) in [5.41, 5.74) is 6.71. The first-order chi connectivity index (χ1) is 14.0. The minimum absolute atomic E-state index is 0.235. The lowest BCUT2D eigenvalue weighted by molar-refractivity contribution is 0.0998. The molecule has 3 amide bonds. The van der Waals surface area contributed by atoms with Gasteiger partial charge in [-0.25, -0.2) is 4.79 Å². The van der Waals surface area contributed by atoms with Gasteiger partial charge in [0.05, 0.1) is 0 Å². The van der Waals surface area contributed by atoms with Gasteiger partial charge in [0.25, 0.3) is 5.91 Å². The average Bonchev–Trinajstić information content (AvgIpc) is 3.34. The van der Waals surface area contributed by atoms with Crippen LogP contribution in [-0.4, -0.2) is 47.4 Å². The van der Waals surface area contributed by atoms with E-state index >= 15 is 0 Å². The molecule has 0 radical (unpaired) electrons. The minimum atomic E-state index is -0.621. The normalized spacial score (nSPS) is 14.1. The molecule has 1 aromatic carbocycles. The van der Waals surface area contributed by atoms with E-state index in [9.17, 15) is 9.59 Å². The van der Waals surface area contributed by atoms with E-state index in [1.807, 2.05) is 24.3 Å². The van der Waals surface area contributed by atoms with Crippen LogP contribution in [0.4, 0.5) is 9.80 Å². The average molecular weight is 454 g/mol. The number of carbonyl (C=O) groups is 2. The molecule has 1 fully saturated rings. The second-order valence-electron chi connectivity index (χ2n) is 6.72. The molecule has 1 saturated heterocycles. The van der Waals surface area contributed by atoms with E-state index in [0.717, 1.165) is 43.2 Å². The van der Waals surface area contributed by atoms with Crippen LogP contribution in [0.5, 0.6) is 0 Å². The Hall–Kier alpha value is -1.81. The smallest absolute Gasteiger partial charge is 0.319 e. The SMILES string of the molecule is NC(=O)c1c(SCc2ccccc2Cl)nsc1NC(=O)NCCCN1CCCC1. The molecule has 7 nitrogen and oxygen atoms in total. The fraction of sp³-hybridized carbons (Fsp3) is 0.421. The highest BCUT2D eigenvalue weighted by Gasteiger charge is 2.21. The van der Waals surface area contributed by atoms with Gasteiger partial charge in [0.15, 0.2) is 0 Å². The Balaban J connectivity index is 1.52. The van der Waals surface area contributed by atoms with Gasteiger partial charge < -0.3 is 16.0 Å². The lowest BCUT2D eigenvalue weighted by Gasteiger charge is -2.14. The van der Waals surface area contributed by atoms with Crippen LogP contribution in [-0.2, 0) is 5.75 Å². The number of hydrogen-bond acceptors (Lipinski definition) is 6. The molecule has 0 spiro atoms. The van der Waals surface area contributed by atoms with Crippen molar-refractivity contribution in [1.82, 2.24) is 14.6 Å². The van der Waals surface area contributed by atoms with E-state index < -0.39 is 5.91 Å². The first-order valence-electron chi connectivity index (χ1n) is 9.47. The van der Waals surface area contributed by atoms with Crippen LogP contribution < -0.4 is 16.4 Å². The molecule has 1 aromatic heterocycles. The van der Waals surface area contributed by atoms with Crippen molar-refractivity contribution in [3.63, 3.8) is 0 Å². The van der Waals surface area contributed by atoms with Crippen LogP contribution in [0.2, 0.25) is 5.02 Å². The summed E-state index contributed by atoms with van der Waals surface area (Å²) in [7, 11) is 0. The Labute approximate surface area is 183 Å². The molecule has 1 aliphatic heterocycles. The predicted molar refractivity (Wildman–Crippen MR) is 119 cm³/mol. The number of hydrogen-bond donors (Lipinski definition) is 3. The molecule has 29 heavy (non-hydrogen) atoms. The van der Waals surface area contributed by atoms with E-state index in [1.54, 1.807) is 0 Å². The number of aromatic nitrogens is 1. The summed E-state index contributed by atoms with van der Waals surface area (Å²) in [6, 6.07) is 7.13. The van der Waals surface area contributed by atoms with Crippen molar-refractivity contribution in [2.45, 2.75) is 30.0 Å². The van der Waals surface area contributed by atoms with Crippen molar-refractivity contribution in [2.75, 3.05) is 31.5 Å². The van der Waals surface area contributed by atoms with Gasteiger partial charge in [-0.3, -0.25) is 10.1 Å². The van der Waals surface area contributed by atoms with Gasteiger partial charge in [-0.05, 0) is 62.1 Å². The van der Waals surface area contributed by atoms with Crippen molar-refractivity contribution in [1.29, 1.82) is 0 Å². The van der Waals surface area contributed by atoms with Crippen LogP contribution >= 0.6 is 34.9 Å². The third-order valence-electron chi connectivity index (χ3n) is 4.59. The number of halogens is 1. The molecule has 3 rings (SSSR count). The molecule has 10 heteroatoms. The Morgan fingerprint density at radius 3 is 2.76 bits per heavy atom. The van der Waals surface area contributed by atoms with Crippen molar-refractivity contribution in [2.24, 2.45) is 5.73 Å². The predicted octanol–water partition coefficient (Wildman–Crippen LogP) is 3.80. The second-order valence-corrected chi connectivity index (χ2v) is 8.86. The zero-order chi connectivity index (χ0) is 20.6. The standard InChI is InChI=1S/C19H24ClN5O2S2/c20-14-7-2-1-6-13(14)12-28-18-15(16(21)26)17(29-24-18)23-19(27)22-8-5-11-25-9-3-4-10-25/h1-2,6-7H,3-5,8-12H2,(H2,21,26)(H2,22,23,27). The van der Waals surface area contributed by atoms with Crippen molar-refractivity contribution in [3.8, 4) is 0 Å². The highest BCUT2D eigenvalue weighted by Crippen LogP contribution is 2.34. The summed E-state index contributed by atoms with van der Waals surface area (Å²) in [6.07, 6.45) is 3.40. The fourth-order valence-corrected chi connectivity index (χ4v) is 5.35. The van der Waals surface area contributed by atoms with Crippen LogP contribution in [0.25, 0.3) is 0 Å². The highest BCUT2D eigenvalue weighted by molar-refractivity contribution is 7.98. The van der Waals surface area contributed by atoms with Gasteiger partial charge in [-0.15, -0.1) is 0 Å². The number of urea groups is 1. The van der Waals surface area contributed by atoms with Crippen molar-refractivity contribution in [3.05, 3.63) is 40.4 Å². The third-order valence-corrected chi connectivity index (χ3v) is 6.86. The molecule has 2 aromatic rings. The maximum absolute atomic E-state index is 12.2. The fourth-order valence-electron chi connectivity index (χ4n) is 3.10. The summed E-state index contributed by atoms with van der Waals surface area (Å²) in [5.74, 6) is -0.0732. The largest absolute Gasteiger partial charge is 0.365 e. The Kier molecular flexibility index (Phi) is 8.17. The van der Waals surface area contributed by atoms with Crippen LogP contribution in [0.1, 0.15) is 35.2 Å². The van der Waals surface area contributed by atoms with E-state index in [-0.39, 0.29) is 11.6 Å². The maximum Gasteiger partial charge on any atom is 0.319 e. The number of thioether (sulfide) groups is 1. The van der Waals surface area contributed by atoms with Gasteiger partial charge in [0, 0.05) is 17.3 Å². The number of rotatable bonds is 9. The highest BCUT2D eigenvalue weighted by atomic mass is 35.5. The quantitative estimate of drug-likeness (QED) is 0.396. The number of amides is 3. The summed E-state index contributed by atoms with van der Waals surface area (Å²) in [5, 5.41) is 7.03. The second kappa shape index (κ2) is 10.8. The Morgan fingerprint density at radius 1 is 1.28 bits per heavy atom. The monoisotopic (exact) mass is 453 g/mol. The molecule has 0 saturated carbocycles. The van der Waals surface area contributed by atoms with Crippen LogP contribution in [0, 0.1) is 0 Å². The number of anilines is 1. The molecule has 0 aliphatic carbocycles. The van der Waals surface area contributed by atoms with Gasteiger partial charge in [0.2, 0.25) is 0 Å². The first-order valence-corrected chi connectivity index (χ1v) is 11.6. The molecule has 156 valence electrons. The lowest BCUT2D eigenvalue weighted by atomic mass is 10.2. The van der Waals surface area contributed by atoms with Gasteiger partial charge in [-0.1, -0.05) is 41.6 Å². The molecule has 2 heterocycles. The number of benzene rings is 1. The number of primary amides is 1. The summed E-state index contributed by atoms with van der Waals surface area (Å²) in [4.78, 5) is 26.5. The number of carbonyl (C=O) groups excluding carboxylic acids is 2. The molecule has 0 bridgehead atoms. The Morgan fingerprint density at radius 2 is 2.03 bits per heavy atom. The first kappa shape index (κ1) is 21.9. The summed E-state index contributed by atoms with van der Waals surface area (Å²) in [6.45, 7) is 3.84. The topological polar surface area (TPSA) is 100 Å². The zero-order valence-electron chi connectivity index (χ0n) is 15.9. The van der Waals surface area contributed by atoms with E-state index in [2.05, 4.69) is 19.9 Å². The van der Waals surface area contributed by atoms with Crippen LogP contribution in [0.15, 0.2) is 29.3 Å². The lowest BCUT2D eigenvalue weighted by Crippen LogP contribution is -2.32. The number of nitrogens with one attached hydrogen (secondary N) is 2. The van der Waals surface area contributed by atoms with Crippen molar-refractivity contribution >= 4 is 51.8 Å². The van der Waals surface area contributed by atoms with Gasteiger partial charge in [0.1, 0.15) is 15.6 Å². The van der Waals surface area contributed by atoms with E-state index in [1.165, 1.54) is 24.6 Å². The summed E-state index contributed by atoms with van der Waals surface area (Å²) < 4.78 is 4.30. The molecular weight excluding hydrogens is 430 g/mol. The number of likely N-dealkylation sites (tertiary alicyclic amines) is 1. The number of nitrogens with zero attached hydrogens (tertiary/aromatic N) is 2.